The van der Waals surface area contributed by atoms with Crippen LogP contribution in [-0.4, -0.2) is 44.8 Å². The highest BCUT2D eigenvalue weighted by molar-refractivity contribution is 5.92. The average Bonchev–Trinajstić information content (AvgIpc) is 2.64. The molecule has 2 aromatic rings. The molecule has 0 aliphatic carbocycles. The summed E-state index contributed by atoms with van der Waals surface area (Å²) in [5.74, 6) is 0.806. The maximum absolute atomic E-state index is 12.0. The molecule has 2 rings (SSSR count). The van der Waals surface area contributed by atoms with E-state index >= 15 is 0 Å². The van der Waals surface area contributed by atoms with Gasteiger partial charge in [0.2, 0.25) is 0 Å². The van der Waals surface area contributed by atoms with Crippen LogP contribution in [0.5, 0.6) is 11.5 Å². The monoisotopic (exact) mass is 374 g/mol. The van der Waals surface area contributed by atoms with Crippen molar-refractivity contribution in [3.63, 3.8) is 0 Å². The lowest BCUT2D eigenvalue weighted by molar-refractivity contribution is 0.0514. The van der Waals surface area contributed by atoms with E-state index in [1.165, 1.54) is 14.2 Å². The van der Waals surface area contributed by atoms with Gasteiger partial charge in [-0.3, -0.25) is 0 Å². The Balaban J connectivity index is 2.64. The minimum absolute atomic E-state index is 0.0710. The second-order valence-corrected chi connectivity index (χ2v) is 6.77. The lowest BCUT2D eigenvalue weighted by Crippen LogP contribution is -2.22. The molecule has 146 valence electrons. The van der Waals surface area contributed by atoms with Gasteiger partial charge >= 0.3 is 5.97 Å². The van der Waals surface area contributed by atoms with E-state index in [1.807, 2.05) is 18.2 Å². The highest BCUT2D eigenvalue weighted by atomic mass is 16.7. The number of aliphatic hydroxyl groups is 1. The van der Waals surface area contributed by atoms with Gasteiger partial charge in [-0.05, 0) is 55.3 Å². The smallest absolute Gasteiger partial charge is 0.337 e. The first-order chi connectivity index (χ1) is 12.8. The molecule has 6 heteroatoms. The van der Waals surface area contributed by atoms with Gasteiger partial charge in [0.05, 0.1) is 25.4 Å². The van der Waals surface area contributed by atoms with Crippen molar-refractivity contribution < 1.29 is 28.8 Å². The van der Waals surface area contributed by atoms with Crippen molar-refractivity contribution in [1.82, 2.24) is 0 Å². The van der Waals surface area contributed by atoms with Crippen LogP contribution in [0.2, 0.25) is 0 Å². The molecule has 0 saturated carbocycles. The Labute approximate surface area is 159 Å². The second-order valence-electron chi connectivity index (χ2n) is 6.77. The third-order valence-corrected chi connectivity index (χ3v) is 3.96. The fraction of sp³-hybridized carbons (Fsp3) is 0.381. The van der Waals surface area contributed by atoms with Gasteiger partial charge in [-0.1, -0.05) is 6.07 Å². The number of hydrogen-bond donors (Lipinski definition) is 1. The molecule has 2 aromatic carbocycles. The molecule has 0 aliphatic heterocycles. The highest BCUT2D eigenvalue weighted by Crippen LogP contribution is 2.36. The van der Waals surface area contributed by atoms with E-state index < -0.39 is 11.6 Å². The molecule has 27 heavy (non-hydrogen) atoms. The predicted molar refractivity (Wildman–Crippen MR) is 102 cm³/mol. The van der Waals surface area contributed by atoms with Gasteiger partial charge in [-0.2, -0.15) is 0 Å². The topological polar surface area (TPSA) is 74.2 Å². The first-order valence-corrected chi connectivity index (χ1v) is 8.53. The second kappa shape index (κ2) is 8.88. The molecule has 0 radical (unpaired) electrons. The third-order valence-electron chi connectivity index (χ3n) is 3.96. The largest absolute Gasteiger partial charge is 0.497 e. The summed E-state index contributed by atoms with van der Waals surface area (Å²) in [5.41, 5.74) is 1.88. The minimum atomic E-state index is -0.922. The molecule has 0 amide bonds. The summed E-state index contributed by atoms with van der Waals surface area (Å²) >= 11 is 0. The van der Waals surface area contributed by atoms with Crippen LogP contribution in [0, 0.1) is 0 Å². The summed E-state index contributed by atoms with van der Waals surface area (Å²) in [4.78, 5) is 12.0. The lowest BCUT2D eigenvalue weighted by Gasteiger charge is -2.21. The fourth-order valence-electron chi connectivity index (χ4n) is 2.81. The Kier molecular flexibility index (Phi) is 6.82. The zero-order valence-corrected chi connectivity index (χ0v) is 16.4. The van der Waals surface area contributed by atoms with Gasteiger partial charge in [-0.15, -0.1) is 0 Å². The molecule has 0 aliphatic rings. The Morgan fingerprint density at radius 3 is 2.37 bits per heavy atom. The normalized spacial score (nSPS) is 11.2. The van der Waals surface area contributed by atoms with Crippen LogP contribution in [0.15, 0.2) is 36.4 Å². The van der Waals surface area contributed by atoms with Gasteiger partial charge in [0.1, 0.15) is 11.5 Å². The summed E-state index contributed by atoms with van der Waals surface area (Å²) < 4.78 is 20.9. The maximum atomic E-state index is 12.0. The van der Waals surface area contributed by atoms with Crippen molar-refractivity contribution in [3.8, 4) is 22.6 Å². The van der Waals surface area contributed by atoms with Crippen LogP contribution in [-0.2, 0) is 15.9 Å². The van der Waals surface area contributed by atoms with Crippen molar-refractivity contribution in [2.75, 3.05) is 28.1 Å². The number of hydrogen-bond acceptors (Lipinski definition) is 6. The number of ether oxygens (including phenoxy) is 4. The lowest BCUT2D eigenvalue weighted by atomic mass is 9.90. The molecular weight excluding hydrogens is 348 g/mol. The van der Waals surface area contributed by atoms with E-state index in [0.29, 0.717) is 29.0 Å². The van der Waals surface area contributed by atoms with Crippen LogP contribution >= 0.6 is 0 Å². The average molecular weight is 374 g/mol. The first-order valence-electron chi connectivity index (χ1n) is 8.53. The molecule has 0 aromatic heterocycles. The van der Waals surface area contributed by atoms with Crippen LogP contribution in [0.25, 0.3) is 11.1 Å². The standard InChI is InChI=1S/C21H26O6/c1-21(2,23)12-15-10-16(25-4)7-8-17(15)18-11-14(20(22)26-5)6-9-19(18)27-13-24-3/h6-11,23H,12-13H2,1-5H3. The quantitative estimate of drug-likeness (QED) is 0.564. The zero-order chi connectivity index (χ0) is 20.0. The molecule has 0 unspecified atom stereocenters. The molecule has 6 nitrogen and oxygen atoms in total. The molecular formula is C21H26O6. The van der Waals surface area contributed by atoms with Crippen LogP contribution in [0.1, 0.15) is 29.8 Å². The van der Waals surface area contributed by atoms with E-state index in [0.717, 1.165) is 11.1 Å². The van der Waals surface area contributed by atoms with E-state index in [4.69, 9.17) is 18.9 Å². The maximum Gasteiger partial charge on any atom is 0.337 e. The van der Waals surface area contributed by atoms with E-state index in [9.17, 15) is 9.90 Å². The number of carbonyl (C=O) groups is 1. The summed E-state index contributed by atoms with van der Waals surface area (Å²) in [5, 5.41) is 10.3. The van der Waals surface area contributed by atoms with Crippen LogP contribution < -0.4 is 9.47 Å². The number of benzene rings is 2. The van der Waals surface area contributed by atoms with E-state index in [1.54, 1.807) is 39.2 Å². The minimum Gasteiger partial charge on any atom is -0.497 e. The fourth-order valence-corrected chi connectivity index (χ4v) is 2.81. The molecule has 0 bridgehead atoms. The molecule has 0 atom stereocenters. The van der Waals surface area contributed by atoms with E-state index in [-0.39, 0.29) is 6.79 Å². The van der Waals surface area contributed by atoms with Gasteiger partial charge < -0.3 is 24.1 Å². The summed E-state index contributed by atoms with van der Waals surface area (Å²) in [7, 11) is 4.47. The molecule has 0 heterocycles. The summed E-state index contributed by atoms with van der Waals surface area (Å²) in [6.45, 7) is 3.55. The Morgan fingerprint density at radius 2 is 1.78 bits per heavy atom. The van der Waals surface area contributed by atoms with Crippen molar-refractivity contribution in [2.24, 2.45) is 0 Å². The van der Waals surface area contributed by atoms with Gasteiger partial charge in [0, 0.05) is 19.1 Å². The Hall–Kier alpha value is -2.57. The molecule has 0 spiro atoms. The van der Waals surface area contributed by atoms with Gasteiger partial charge in [-0.25, -0.2) is 4.79 Å². The van der Waals surface area contributed by atoms with Crippen molar-refractivity contribution in [2.45, 2.75) is 25.9 Å². The van der Waals surface area contributed by atoms with Crippen molar-refractivity contribution >= 4 is 5.97 Å². The van der Waals surface area contributed by atoms with Gasteiger partial charge in [0.15, 0.2) is 6.79 Å². The van der Waals surface area contributed by atoms with Crippen molar-refractivity contribution in [1.29, 1.82) is 0 Å². The highest BCUT2D eigenvalue weighted by Gasteiger charge is 2.20. The molecule has 0 fully saturated rings. The Bertz CT molecular complexity index is 792. The third kappa shape index (κ3) is 5.45. The first kappa shape index (κ1) is 20.7. The summed E-state index contributed by atoms with van der Waals surface area (Å²) in [6, 6.07) is 10.6. The predicted octanol–water partition coefficient (Wildman–Crippen LogP) is 3.44. The molecule has 0 saturated heterocycles. The van der Waals surface area contributed by atoms with Crippen LogP contribution in [0.3, 0.4) is 0 Å². The number of methoxy groups -OCH3 is 3. The van der Waals surface area contributed by atoms with Crippen molar-refractivity contribution in [3.05, 3.63) is 47.5 Å². The van der Waals surface area contributed by atoms with Crippen LogP contribution in [0.4, 0.5) is 0 Å². The number of carbonyl (C=O) groups excluding carboxylic acids is 1. The summed E-state index contributed by atoms with van der Waals surface area (Å²) in [6.07, 6.45) is 0.395. The number of esters is 1. The molecule has 1 N–H and O–H groups in total. The number of rotatable bonds is 8. The zero-order valence-electron chi connectivity index (χ0n) is 16.4. The van der Waals surface area contributed by atoms with E-state index in [2.05, 4.69) is 0 Å². The van der Waals surface area contributed by atoms with Gasteiger partial charge in [0.25, 0.3) is 0 Å². The Morgan fingerprint density at radius 1 is 1.04 bits per heavy atom. The SMILES string of the molecule is COCOc1ccc(C(=O)OC)cc1-c1ccc(OC)cc1CC(C)(C)O.